The summed E-state index contributed by atoms with van der Waals surface area (Å²) in [6, 6.07) is 12.3. The second kappa shape index (κ2) is 12.8. The van der Waals surface area contributed by atoms with Crippen molar-refractivity contribution in [1.82, 2.24) is 0 Å². The molecular weight excluding hydrogens is 454 g/mol. The number of fused-ring (bicyclic) bond motifs is 1. The van der Waals surface area contributed by atoms with Gasteiger partial charge in [-0.3, -0.25) is 0 Å². The zero-order valence-corrected chi connectivity index (χ0v) is 21.5. The lowest BCUT2D eigenvalue weighted by Gasteiger charge is -2.30. The Kier molecular flexibility index (Phi) is 11.1. The van der Waals surface area contributed by atoms with E-state index in [0.717, 1.165) is 47.6 Å². The molecule has 0 aliphatic carbocycles. The van der Waals surface area contributed by atoms with Crippen molar-refractivity contribution in [3.05, 3.63) is 47.5 Å². The van der Waals surface area contributed by atoms with Crippen LogP contribution in [0.25, 0.3) is 10.8 Å². The second-order valence-electron chi connectivity index (χ2n) is 8.45. The molecule has 168 valence electrons. The number of benzene rings is 2. The molecule has 0 heterocycles. The third-order valence-corrected chi connectivity index (χ3v) is 7.42. The Hall–Kier alpha value is -0.140. The molecule has 0 aromatic heterocycles. The minimum atomic E-state index is -1.01. The van der Waals surface area contributed by atoms with E-state index in [1.165, 1.54) is 38.5 Å². The van der Waals surface area contributed by atoms with E-state index in [-0.39, 0.29) is 0 Å². The van der Waals surface area contributed by atoms with Crippen molar-refractivity contribution >= 4 is 57.2 Å². The van der Waals surface area contributed by atoms with E-state index < -0.39 is 8.67 Å². The van der Waals surface area contributed by atoms with Gasteiger partial charge in [-0.2, -0.15) is 0 Å². The first kappa shape index (κ1) is 26.1. The minimum absolute atomic E-state index is 0.696. The van der Waals surface area contributed by atoms with Crippen molar-refractivity contribution < 1.29 is 0 Å². The van der Waals surface area contributed by atoms with Crippen molar-refractivity contribution in [2.75, 3.05) is 0 Å². The molecule has 0 saturated carbocycles. The Bertz CT molecular complexity index is 767. The van der Waals surface area contributed by atoms with Crippen molar-refractivity contribution in [1.29, 1.82) is 0 Å². The summed E-state index contributed by atoms with van der Waals surface area (Å²) in [5.41, 5.74) is 1.75. The summed E-state index contributed by atoms with van der Waals surface area (Å²) in [4.78, 5) is 0. The lowest BCUT2D eigenvalue weighted by molar-refractivity contribution is 0.569. The maximum Gasteiger partial charge on any atom is 0.144 e. The Morgan fingerprint density at radius 1 is 0.600 bits per heavy atom. The van der Waals surface area contributed by atoms with Gasteiger partial charge in [-0.05, 0) is 29.2 Å². The summed E-state index contributed by atoms with van der Waals surface area (Å²) < 4.78 is -2.01. The first-order valence-electron chi connectivity index (χ1n) is 11.6. The highest BCUT2D eigenvalue weighted by molar-refractivity contribution is 6.50. The molecule has 0 radical (unpaired) electrons. The van der Waals surface area contributed by atoms with Gasteiger partial charge < -0.3 is 0 Å². The molecule has 0 atom stereocenters. The molecule has 2 aromatic rings. The third kappa shape index (κ3) is 7.47. The number of unbranched alkanes of at least 4 members (excludes halogenated alkanes) is 8. The zero-order valence-electron chi connectivity index (χ0n) is 18.5. The third-order valence-electron chi connectivity index (χ3n) is 5.88. The van der Waals surface area contributed by atoms with E-state index >= 15 is 0 Å². The van der Waals surface area contributed by atoms with Crippen molar-refractivity contribution in [2.45, 2.75) is 99.6 Å². The van der Waals surface area contributed by atoms with E-state index in [1.807, 2.05) is 18.2 Å². The van der Waals surface area contributed by atoms with Gasteiger partial charge >= 0.3 is 0 Å². The van der Waals surface area contributed by atoms with E-state index in [2.05, 4.69) is 32.0 Å². The molecule has 0 fully saturated rings. The molecular formula is C26H36Cl4. The molecule has 0 spiro atoms. The minimum Gasteiger partial charge on any atom is -0.0963 e. The van der Waals surface area contributed by atoms with Gasteiger partial charge in [-0.1, -0.05) is 161 Å². The Balaban J connectivity index is 2.30. The fraction of sp³-hybridized carbons (Fsp3) is 0.615. The predicted molar refractivity (Wildman–Crippen MR) is 137 cm³/mol. The molecule has 0 aliphatic heterocycles. The van der Waals surface area contributed by atoms with Crippen LogP contribution < -0.4 is 0 Å². The first-order valence-corrected chi connectivity index (χ1v) is 13.1. The SMILES string of the molecule is CCCCCCCC(Cl)(Cl)c1ccc2ccccc2c1C(Cl)(Cl)CCCCCCC. The van der Waals surface area contributed by atoms with Crippen LogP contribution in [-0.2, 0) is 8.67 Å². The van der Waals surface area contributed by atoms with E-state index in [9.17, 15) is 0 Å². The van der Waals surface area contributed by atoms with Gasteiger partial charge in [0.15, 0.2) is 0 Å². The van der Waals surface area contributed by atoms with E-state index in [1.54, 1.807) is 0 Å². The number of rotatable bonds is 14. The quantitative estimate of drug-likeness (QED) is 0.183. The maximum absolute atomic E-state index is 7.02. The van der Waals surface area contributed by atoms with Gasteiger partial charge in [0.05, 0.1) is 0 Å². The highest BCUT2D eigenvalue weighted by Gasteiger charge is 2.37. The fourth-order valence-corrected chi connectivity index (χ4v) is 5.39. The van der Waals surface area contributed by atoms with E-state index in [0.29, 0.717) is 12.8 Å². The molecule has 0 nitrogen and oxygen atoms in total. The summed E-state index contributed by atoms with van der Waals surface area (Å²) in [5.74, 6) is 0. The second-order valence-corrected chi connectivity index (χ2v) is 11.4. The van der Waals surface area contributed by atoms with Crippen LogP contribution >= 0.6 is 46.4 Å². The largest absolute Gasteiger partial charge is 0.144 e. The number of alkyl halides is 4. The Morgan fingerprint density at radius 3 is 1.73 bits per heavy atom. The van der Waals surface area contributed by atoms with Crippen LogP contribution in [0.2, 0.25) is 0 Å². The number of hydrogen-bond donors (Lipinski definition) is 0. The van der Waals surface area contributed by atoms with Crippen molar-refractivity contribution in [2.24, 2.45) is 0 Å². The normalized spacial score (nSPS) is 12.6. The summed E-state index contributed by atoms with van der Waals surface area (Å²) in [5, 5.41) is 2.16. The summed E-state index contributed by atoms with van der Waals surface area (Å²) >= 11 is 27.9. The summed E-state index contributed by atoms with van der Waals surface area (Å²) in [7, 11) is 0. The average molecular weight is 490 g/mol. The monoisotopic (exact) mass is 488 g/mol. The van der Waals surface area contributed by atoms with Crippen LogP contribution in [0.4, 0.5) is 0 Å². The number of hydrogen-bond acceptors (Lipinski definition) is 0. The van der Waals surface area contributed by atoms with Gasteiger partial charge in [0.2, 0.25) is 0 Å². The molecule has 2 rings (SSSR count). The van der Waals surface area contributed by atoms with E-state index in [4.69, 9.17) is 46.4 Å². The molecule has 4 heteroatoms. The maximum atomic E-state index is 7.02. The van der Waals surface area contributed by atoms with Gasteiger partial charge in [-0.25, -0.2) is 0 Å². The van der Waals surface area contributed by atoms with Crippen LogP contribution in [0.1, 0.15) is 102 Å². The van der Waals surface area contributed by atoms with Gasteiger partial charge in [0.25, 0.3) is 0 Å². The zero-order chi connectivity index (χ0) is 22.0. The van der Waals surface area contributed by atoms with Gasteiger partial charge in [0, 0.05) is 5.56 Å². The molecule has 0 N–H and O–H groups in total. The molecule has 30 heavy (non-hydrogen) atoms. The molecule has 0 unspecified atom stereocenters. The summed E-state index contributed by atoms with van der Waals surface area (Å²) in [6.07, 6.45) is 13.0. The molecule has 0 saturated heterocycles. The Morgan fingerprint density at radius 2 is 1.13 bits per heavy atom. The van der Waals surface area contributed by atoms with Crippen LogP contribution in [-0.4, -0.2) is 0 Å². The lowest BCUT2D eigenvalue weighted by atomic mass is 9.90. The predicted octanol–water partition coefficient (Wildman–Crippen LogP) is 10.8. The van der Waals surface area contributed by atoms with Gasteiger partial charge in [0.1, 0.15) is 8.67 Å². The molecule has 0 bridgehead atoms. The van der Waals surface area contributed by atoms with Crippen LogP contribution in [0.3, 0.4) is 0 Å². The van der Waals surface area contributed by atoms with Crippen LogP contribution in [0.5, 0.6) is 0 Å². The molecule has 2 aromatic carbocycles. The van der Waals surface area contributed by atoms with Crippen molar-refractivity contribution in [3.63, 3.8) is 0 Å². The standard InChI is InChI=1S/C26H36Cl4/c1-3-5-7-9-13-19-25(27,28)23-18-17-21-15-11-12-16-22(21)24(23)26(29,30)20-14-10-8-6-4-2/h11-12,15-18H,3-10,13-14,19-20H2,1-2H3. The molecule has 0 amide bonds. The van der Waals surface area contributed by atoms with Crippen LogP contribution in [0, 0.1) is 0 Å². The average Bonchev–Trinajstić information content (AvgIpc) is 2.72. The van der Waals surface area contributed by atoms with Gasteiger partial charge in [-0.15, -0.1) is 0 Å². The Labute approximate surface area is 203 Å². The van der Waals surface area contributed by atoms with Crippen LogP contribution in [0.15, 0.2) is 36.4 Å². The molecule has 0 aliphatic rings. The lowest BCUT2D eigenvalue weighted by Crippen LogP contribution is -2.21. The summed E-state index contributed by atoms with van der Waals surface area (Å²) in [6.45, 7) is 4.44. The highest BCUT2D eigenvalue weighted by atomic mass is 35.5. The first-order chi connectivity index (χ1) is 14.3. The fourth-order valence-electron chi connectivity index (χ4n) is 4.13. The van der Waals surface area contributed by atoms with Crippen molar-refractivity contribution in [3.8, 4) is 0 Å². The highest BCUT2D eigenvalue weighted by Crippen LogP contribution is 2.50. The number of halogens is 4. The smallest absolute Gasteiger partial charge is 0.0963 e. The topological polar surface area (TPSA) is 0 Å².